The van der Waals surface area contributed by atoms with Crippen LogP contribution in [0.5, 0.6) is 11.5 Å². The second-order valence-electron chi connectivity index (χ2n) is 5.91. The van der Waals surface area contributed by atoms with Gasteiger partial charge in [0.2, 0.25) is 0 Å². The molecule has 1 atom stereocenters. The van der Waals surface area contributed by atoms with Crippen LogP contribution >= 0.6 is 12.2 Å². The Labute approximate surface area is 159 Å². The molecule has 0 aliphatic carbocycles. The summed E-state index contributed by atoms with van der Waals surface area (Å²) in [6.45, 7) is 4.35. The summed E-state index contributed by atoms with van der Waals surface area (Å²) in [4.78, 5) is 12.4. The van der Waals surface area contributed by atoms with Crippen molar-refractivity contribution >= 4 is 28.9 Å². The van der Waals surface area contributed by atoms with E-state index in [4.69, 9.17) is 21.7 Å². The number of carbonyl (C=O) groups excluding carboxylic acids is 1. The summed E-state index contributed by atoms with van der Waals surface area (Å²) in [7, 11) is 3.06. The van der Waals surface area contributed by atoms with Crippen LogP contribution in [0.15, 0.2) is 42.5 Å². The van der Waals surface area contributed by atoms with E-state index < -0.39 is 0 Å². The third kappa shape index (κ3) is 4.95. The molecule has 2 N–H and O–H groups in total. The minimum Gasteiger partial charge on any atom is -0.497 e. The predicted molar refractivity (Wildman–Crippen MR) is 108 cm³/mol. The van der Waals surface area contributed by atoms with Gasteiger partial charge in [-0.2, -0.15) is 0 Å². The number of benzene rings is 2. The minimum atomic E-state index is -0.349. The van der Waals surface area contributed by atoms with E-state index in [0.717, 1.165) is 12.1 Å². The Morgan fingerprint density at radius 3 is 2.38 bits per heavy atom. The molecule has 0 spiro atoms. The number of hydrogen-bond donors (Lipinski definition) is 2. The van der Waals surface area contributed by atoms with Gasteiger partial charge >= 0.3 is 0 Å². The number of carbonyl (C=O) groups is 1. The fourth-order valence-corrected chi connectivity index (χ4v) is 2.66. The van der Waals surface area contributed by atoms with Crippen molar-refractivity contribution in [2.75, 3.05) is 19.5 Å². The fourth-order valence-electron chi connectivity index (χ4n) is 2.45. The van der Waals surface area contributed by atoms with Crippen molar-refractivity contribution < 1.29 is 14.3 Å². The van der Waals surface area contributed by atoms with Crippen molar-refractivity contribution in [3.63, 3.8) is 0 Å². The largest absolute Gasteiger partial charge is 0.497 e. The van der Waals surface area contributed by atoms with Gasteiger partial charge < -0.3 is 14.8 Å². The number of nitrogens with one attached hydrogen (secondary N) is 2. The van der Waals surface area contributed by atoms with E-state index in [1.54, 1.807) is 25.3 Å². The molecule has 138 valence electrons. The van der Waals surface area contributed by atoms with Crippen LogP contribution in [0.25, 0.3) is 0 Å². The summed E-state index contributed by atoms with van der Waals surface area (Å²) in [5, 5.41) is 5.91. The van der Waals surface area contributed by atoms with Crippen molar-refractivity contribution in [2.24, 2.45) is 0 Å². The highest BCUT2D eigenvalue weighted by molar-refractivity contribution is 7.80. The molecule has 2 aromatic carbocycles. The van der Waals surface area contributed by atoms with Gasteiger partial charge in [-0.25, -0.2) is 0 Å². The molecule has 2 rings (SSSR count). The molecule has 0 unspecified atom stereocenters. The molecule has 0 aliphatic rings. The Balaban J connectivity index is 2.02. The molecule has 0 aromatic heterocycles. The Morgan fingerprint density at radius 2 is 1.81 bits per heavy atom. The Bertz CT molecular complexity index is 775. The topological polar surface area (TPSA) is 59.6 Å². The number of methoxy groups -OCH3 is 2. The van der Waals surface area contributed by atoms with Crippen molar-refractivity contribution in [3.05, 3.63) is 53.6 Å². The molecule has 0 radical (unpaired) electrons. The summed E-state index contributed by atoms with van der Waals surface area (Å²) < 4.78 is 10.4. The molecule has 0 aliphatic heterocycles. The normalized spacial score (nSPS) is 11.4. The molecule has 0 fully saturated rings. The lowest BCUT2D eigenvalue weighted by atomic mass is 9.99. The monoisotopic (exact) mass is 372 g/mol. The van der Waals surface area contributed by atoms with Crippen LogP contribution in [0.2, 0.25) is 0 Å². The Kier molecular flexibility index (Phi) is 6.97. The first-order valence-electron chi connectivity index (χ1n) is 8.42. The van der Waals surface area contributed by atoms with Gasteiger partial charge in [-0.15, -0.1) is 0 Å². The van der Waals surface area contributed by atoms with Crippen LogP contribution in [0, 0.1) is 0 Å². The van der Waals surface area contributed by atoms with Crippen LogP contribution in [-0.4, -0.2) is 25.2 Å². The highest BCUT2D eigenvalue weighted by Gasteiger charge is 2.14. The first-order valence-corrected chi connectivity index (χ1v) is 8.83. The van der Waals surface area contributed by atoms with Gasteiger partial charge in [0.1, 0.15) is 11.5 Å². The molecule has 2 aromatic rings. The lowest BCUT2D eigenvalue weighted by molar-refractivity contribution is 0.0974. The Morgan fingerprint density at radius 1 is 1.12 bits per heavy atom. The molecule has 5 nitrogen and oxygen atoms in total. The zero-order chi connectivity index (χ0) is 19.1. The second kappa shape index (κ2) is 9.20. The van der Waals surface area contributed by atoms with Crippen molar-refractivity contribution in [1.29, 1.82) is 0 Å². The number of ether oxygens (including phenoxy) is 2. The maximum atomic E-state index is 12.4. The van der Waals surface area contributed by atoms with Crippen molar-refractivity contribution in [2.45, 2.75) is 26.2 Å². The van der Waals surface area contributed by atoms with E-state index in [1.807, 2.05) is 12.1 Å². The molecular formula is C20H24N2O3S. The van der Waals surface area contributed by atoms with Gasteiger partial charge in [0.25, 0.3) is 5.91 Å². The van der Waals surface area contributed by atoms with E-state index in [2.05, 4.69) is 36.6 Å². The molecule has 1 amide bonds. The smallest absolute Gasteiger partial charge is 0.261 e. The van der Waals surface area contributed by atoms with Crippen LogP contribution in [0.1, 0.15) is 42.1 Å². The fraction of sp³-hybridized carbons (Fsp3) is 0.300. The summed E-state index contributed by atoms with van der Waals surface area (Å²) in [5.41, 5.74) is 2.48. The van der Waals surface area contributed by atoms with Crippen LogP contribution in [-0.2, 0) is 0 Å². The zero-order valence-corrected chi connectivity index (χ0v) is 16.3. The first-order chi connectivity index (χ1) is 12.5. The van der Waals surface area contributed by atoms with E-state index in [-0.39, 0.29) is 11.0 Å². The van der Waals surface area contributed by atoms with E-state index in [1.165, 1.54) is 12.7 Å². The molecule has 26 heavy (non-hydrogen) atoms. The number of thiocarbonyl (C=S) groups is 1. The van der Waals surface area contributed by atoms with Gasteiger partial charge in [-0.1, -0.05) is 26.0 Å². The first kappa shape index (κ1) is 19.7. The van der Waals surface area contributed by atoms with Gasteiger partial charge in [-0.05, 0) is 54.4 Å². The summed E-state index contributed by atoms with van der Waals surface area (Å²) in [5.74, 6) is 1.19. The standard InChI is InChI=1S/C20H24N2O3S/c1-5-13(2)14-6-8-15(9-7-14)21-20(26)22-19(23)17-11-10-16(24-3)12-18(17)25-4/h6-13H,5H2,1-4H3,(H2,21,22,23,26)/t13-/m0/s1. The molecular weight excluding hydrogens is 348 g/mol. The van der Waals surface area contributed by atoms with Crippen LogP contribution in [0.3, 0.4) is 0 Å². The average molecular weight is 372 g/mol. The number of hydrogen-bond acceptors (Lipinski definition) is 4. The van der Waals surface area contributed by atoms with Gasteiger partial charge in [-0.3, -0.25) is 10.1 Å². The maximum absolute atomic E-state index is 12.4. The third-order valence-corrected chi connectivity index (χ3v) is 4.43. The molecule has 6 heteroatoms. The van der Waals surface area contributed by atoms with E-state index in [0.29, 0.717) is 23.0 Å². The highest BCUT2D eigenvalue weighted by Crippen LogP contribution is 2.24. The van der Waals surface area contributed by atoms with E-state index in [9.17, 15) is 4.79 Å². The predicted octanol–water partition coefficient (Wildman–Crippen LogP) is 4.34. The van der Waals surface area contributed by atoms with E-state index >= 15 is 0 Å². The van der Waals surface area contributed by atoms with Gasteiger partial charge in [0, 0.05) is 11.8 Å². The Hall–Kier alpha value is -2.60. The summed E-state index contributed by atoms with van der Waals surface area (Å²) in [6.07, 6.45) is 1.09. The average Bonchev–Trinajstić information content (AvgIpc) is 2.67. The SMILES string of the molecule is CC[C@H](C)c1ccc(NC(=S)NC(=O)c2ccc(OC)cc2OC)cc1. The third-order valence-electron chi connectivity index (χ3n) is 4.23. The molecule has 0 saturated heterocycles. The highest BCUT2D eigenvalue weighted by atomic mass is 32.1. The quantitative estimate of drug-likeness (QED) is 0.739. The molecule has 0 saturated carbocycles. The number of amides is 1. The number of anilines is 1. The zero-order valence-electron chi connectivity index (χ0n) is 15.5. The lowest BCUT2D eigenvalue weighted by Crippen LogP contribution is -2.34. The van der Waals surface area contributed by atoms with Gasteiger partial charge in [0.15, 0.2) is 5.11 Å². The molecule has 0 heterocycles. The maximum Gasteiger partial charge on any atom is 0.261 e. The van der Waals surface area contributed by atoms with Crippen molar-refractivity contribution in [1.82, 2.24) is 5.32 Å². The van der Waals surface area contributed by atoms with Crippen LogP contribution in [0.4, 0.5) is 5.69 Å². The summed E-state index contributed by atoms with van der Waals surface area (Å²) in [6, 6.07) is 13.0. The molecule has 0 bridgehead atoms. The number of rotatable bonds is 6. The lowest BCUT2D eigenvalue weighted by Gasteiger charge is -2.13. The van der Waals surface area contributed by atoms with Crippen LogP contribution < -0.4 is 20.1 Å². The van der Waals surface area contributed by atoms with Crippen molar-refractivity contribution in [3.8, 4) is 11.5 Å². The summed E-state index contributed by atoms with van der Waals surface area (Å²) >= 11 is 5.24. The second-order valence-corrected chi connectivity index (χ2v) is 6.31. The van der Waals surface area contributed by atoms with Gasteiger partial charge in [0.05, 0.1) is 19.8 Å². The minimum absolute atomic E-state index is 0.226.